The predicted molar refractivity (Wildman–Crippen MR) is 71.9 cm³/mol. The van der Waals surface area contributed by atoms with E-state index in [2.05, 4.69) is 0 Å². The lowest BCUT2D eigenvalue weighted by molar-refractivity contribution is 0.220. The van der Waals surface area contributed by atoms with Crippen molar-refractivity contribution in [2.45, 2.75) is 6.10 Å². The Morgan fingerprint density at radius 3 is 2.33 bits per heavy atom. The van der Waals surface area contributed by atoms with Crippen molar-refractivity contribution in [3.05, 3.63) is 68.4 Å². The van der Waals surface area contributed by atoms with Crippen LogP contribution in [0.25, 0.3) is 0 Å². The van der Waals surface area contributed by atoms with Crippen LogP contribution >= 0.6 is 34.8 Å². The summed E-state index contributed by atoms with van der Waals surface area (Å²) in [4.78, 5) is 0. The maximum Gasteiger partial charge on any atom is 0.124 e. The fourth-order valence-corrected chi connectivity index (χ4v) is 2.30. The molecule has 1 nitrogen and oxygen atoms in total. The molecule has 0 saturated heterocycles. The van der Waals surface area contributed by atoms with Gasteiger partial charge in [0.25, 0.3) is 0 Å². The Balaban J connectivity index is 2.48. The van der Waals surface area contributed by atoms with Gasteiger partial charge >= 0.3 is 0 Å². The largest absolute Gasteiger partial charge is 0.384 e. The summed E-state index contributed by atoms with van der Waals surface area (Å²) in [6.07, 6.45) is -1.05. The molecular weight excluding hydrogens is 297 g/mol. The molecule has 2 aromatic carbocycles. The molecular formula is C13H8Cl3FO. The highest BCUT2D eigenvalue weighted by Crippen LogP contribution is 2.35. The molecule has 0 heterocycles. The second-order valence-corrected chi connectivity index (χ2v) is 4.90. The van der Waals surface area contributed by atoms with Crippen molar-refractivity contribution in [2.24, 2.45) is 0 Å². The van der Waals surface area contributed by atoms with E-state index in [0.29, 0.717) is 16.1 Å². The van der Waals surface area contributed by atoms with Gasteiger partial charge in [-0.25, -0.2) is 4.39 Å². The topological polar surface area (TPSA) is 20.2 Å². The Hall–Kier alpha value is -0.800. The van der Waals surface area contributed by atoms with Crippen LogP contribution < -0.4 is 0 Å². The molecule has 1 unspecified atom stereocenters. The quantitative estimate of drug-likeness (QED) is 0.839. The average molecular weight is 306 g/mol. The van der Waals surface area contributed by atoms with E-state index in [9.17, 15) is 9.50 Å². The van der Waals surface area contributed by atoms with E-state index >= 15 is 0 Å². The second kappa shape index (κ2) is 5.45. The zero-order valence-corrected chi connectivity index (χ0v) is 11.3. The minimum atomic E-state index is -1.05. The van der Waals surface area contributed by atoms with E-state index in [-0.39, 0.29) is 10.0 Å². The zero-order chi connectivity index (χ0) is 13.3. The van der Waals surface area contributed by atoms with E-state index in [4.69, 9.17) is 34.8 Å². The molecule has 0 radical (unpaired) electrons. The van der Waals surface area contributed by atoms with Crippen molar-refractivity contribution < 1.29 is 9.50 Å². The van der Waals surface area contributed by atoms with Crippen molar-refractivity contribution in [3.8, 4) is 0 Å². The normalized spacial score (nSPS) is 12.5. The van der Waals surface area contributed by atoms with E-state index in [1.807, 2.05) is 0 Å². The van der Waals surface area contributed by atoms with Gasteiger partial charge in [-0.05, 0) is 18.2 Å². The number of hydrogen-bond acceptors (Lipinski definition) is 1. The molecule has 0 amide bonds. The van der Waals surface area contributed by atoms with Crippen LogP contribution in [-0.4, -0.2) is 5.11 Å². The molecule has 2 aromatic rings. The van der Waals surface area contributed by atoms with Crippen molar-refractivity contribution >= 4 is 34.8 Å². The van der Waals surface area contributed by atoms with Gasteiger partial charge in [-0.15, -0.1) is 0 Å². The molecule has 0 aromatic heterocycles. The van der Waals surface area contributed by atoms with E-state index in [1.165, 1.54) is 12.1 Å². The first-order valence-corrected chi connectivity index (χ1v) is 6.21. The van der Waals surface area contributed by atoms with Crippen LogP contribution in [0.4, 0.5) is 4.39 Å². The monoisotopic (exact) mass is 304 g/mol. The van der Waals surface area contributed by atoms with Gasteiger partial charge < -0.3 is 5.11 Å². The van der Waals surface area contributed by atoms with Gasteiger partial charge in [0.15, 0.2) is 0 Å². The molecule has 0 spiro atoms. The Kier molecular flexibility index (Phi) is 4.13. The first-order valence-electron chi connectivity index (χ1n) is 5.07. The highest BCUT2D eigenvalue weighted by Gasteiger charge is 2.18. The number of aliphatic hydroxyl groups is 1. The highest BCUT2D eigenvalue weighted by molar-refractivity contribution is 6.42. The summed E-state index contributed by atoms with van der Waals surface area (Å²) in [7, 11) is 0. The molecule has 1 N–H and O–H groups in total. The SMILES string of the molecule is OC(c1ccc(F)cc1Cl)c1cccc(Cl)c1Cl. The van der Waals surface area contributed by atoms with E-state index < -0.39 is 11.9 Å². The van der Waals surface area contributed by atoms with Crippen molar-refractivity contribution in [2.75, 3.05) is 0 Å². The molecule has 0 aliphatic rings. The summed E-state index contributed by atoms with van der Waals surface area (Å²) in [5, 5.41) is 11.0. The molecule has 0 aliphatic heterocycles. The summed E-state index contributed by atoms with van der Waals surface area (Å²) in [6.45, 7) is 0. The number of halogens is 4. The minimum absolute atomic E-state index is 0.138. The fraction of sp³-hybridized carbons (Fsp3) is 0.0769. The van der Waals surface area contributed by atoms with Gasteiger partial charge in [-0.1, -0.05) is 53.0 Å². The second-order valence-electron chi connectivity index (χ2n) is 3.71. The first kappa shape index (κ1) is 13.6. The number of benzene rings is 2. The van der Waals surface area contributed by atoms with Crippen LogP contribution in [0.5, 0.6) is 0 Å². The summed E-state index contributed by atoms with van der Waals surface area (Å²) in [5.41, 5.74) is 0.805. The summed E-state index contributed by atoms with van der Waals surface area (Å²) in [5.74, 6) is -0.465. The Bertz CT molecular complexity index is 586. The summed E-state index contributed by atoms with van der Waals surface area (Å²) >= 11 is 17.8. The van der Waals surface area contributed by atoms with Crippen LogP contribution in [0, 0.1) is 5.82 Å². The number of aliphatic hydroxyl groups excluding tert-OH is 1. The molecule has 0 aliphatic carbocycles. The maximum absolute atomic E-state index is 12.9. The fourth-order valence-electron chi connectivity index (χ4n) is 1.62. The van der Waals surface area contributed by atoms with Crippen molar-refractivity contribution in [1.82, 2.24) is 0 Å². The number of hydrogen-bond donors (Lipinski definition) is 1. The lowest BCUT2D eigenvalue weighted by Gasteiger charge is -2.15. The smallest absolute Gasteiger partial charge is 0.124 e. The standard InChI is InChI=1S/C13H8Cl3FO/c14-10-3-1-2-9(12(10)16)13(18)8-5-4-7(17)6-11(8)15/h1-6,13,18H. The molecule has 1 atom stereocenters. The zero-order valence-electron chi connectivity index (χ0n) is 9.00. The lowest BCUT2D eigenvalue weighted by atomic mass is 10.0. The molecule has 94 valence electrons. The van der Waals surface area contributed by atoms with Crippen LogP contribution in [0.2, 0.25) is 15.1 Å². The molecule has 0 saturated carbocycles. The van der Waals surface area contributed by atoms with E-state index in [0.717, 1.165) is 6.07 Å². The van der Waals surface area contributed by atoms with Crippen LogP contribution in [0.3, 0.4) is 0 Å². The van der Waals surface area contributed by atoms with Crippen LogP contribution in [0.15, 0.2) is 36.4 Å². The third-order valence-electron chi connectivity index (χ3n) is 2.53. The van der Waals surface area contributed by atoms with Crippen LogP contribution in [-0.2, 0) is 0 Å². The summed E-state index contributed by atoms with van der Waals surface area (Å²) in [6, 6.07) is 8.70. The van der Waals surface area contributed by atoms with Gasteiger partial charge in [0.1, 0.15) is 11.9 Å². The third kappa shape index (κ3) is 2.62. The van der Waals surface area contributed by atoms with Crippen molar-refractivity contribution in [3.63, 3.8) is 0 Å². The minimum Gasteiger partial charge on any atom is -0.384 e. The molecule has 2 rings (SSSR count). The lowest BCUT2D eigenvalue weighted by Crippen LogP contribution is -2.02. The van der Waals surface area contributed by atoms with Gasteiger partial charge in [0, 0.05) is 16.1 Å². The summed E-state index contributed by atoms with van der Waals surface area (Å²) < 4.78 is 12.9. The van der Waals surface area contributed by atoms with Gasteiger partial charge in [-0.3, -0.25) is 0 Å². The molecule has 18 heavy (non-hydrogen) atoms. The Labute approximate surface area is 119 Å². The van der Waals surface area contributed by atoms with Gasteiger partial charge in [0.2, 0.25) is 0 Å². The van der Waals surface area contributed by atoms with Crippen LogP contribution in [0.1, 0.15) is 17.2 Å². The first-order chi connectivity index (χ1) is 8.50. The molecule has 5 heteroatoms. The number of rotatable bonds is 2. The average Bonchev–Trinajstić information content (AvgIpc) is 2.32. The highest BCUT2D eigenvalue weighted by atomic mass is 35.5. The Morgan fingerprint density at radius 1 is 0.944 bits per heavy atom. The van der Waals surface area contributed by atoms with Gasteiger partial charge in [-0.2, -0.15) is 0 Å². The predicted octanol–water partition coefficient (Wildman–Crippen LogP) is 4.87. The van der Waals surface area contributed by atoms with E-state index in [1.54, 1.807) is 18.2 Å². The van der Waals surface area contributed by atoms with Gasteiger partial charge in [0.05, 0.1) is 10.0 Å². The molecule has 0 fully saturated rings. The van der Waals surface area contributed by atoms with Crippen molar-refractivity contribution in [1.29, 1.82) is 0 Å². The maximum atomic E-state index is 12.9. The Morgan fingerprint density at radius 2 is 1.67 bits per heavy atom. The third-order valence-corrected chi connectivity index (χ3v) is 3.69. The molecule has 0 bridgehead atoms.